The van der Waals surface area contributed by atoms with Gasteiger partial charge < -0.3 is 20.5 Å². The van der Waals surface area contributed by atoms with E-state index in [-0.39, 0.29) is 23.4 Å². The second kappa shape index (κ2) is 9.33. The van der Waals surface area contributed by atoms with Gasteiger partial charge in [-0.05, 0) is 49.0 Å². The number of hydrogen-bond acceptors (Lipinski definition) is 6. The molecular formula is C21H16Cl2N4O3S2. The summed E-state index contributed by atoms with van der Waals surface area (Å²) in [5.41, 5.74) is 5.92. The summed E-state index contributed by atoms with van der Waals surface area (Å²) < 4.78 is 5.39. The molecule has 0 saturated carbocycles. The minimum absolute atomic E-state index is 0.0308. The Morgan fingerprint density at radius 2 is 2.06 bits per heavy atom. The highest BCUT2D eigenvalue weighted by Crippen LogP contribution is 2.40. The molecule has 0 aliphatic carbocycles. The van der Waals surface area contributed by atoms with E-state index >= 15 is 0 Å². The van der Waals surface area contributed by atoms with Crippen LogP contribution in [-0.4, -0.2) is 28.4 Å². The molecule has 164 valence electrons. The van der Waals surface area contributed by atoms with Gasteiger partial charge in [0.05, 0.1) is 31.9 Å². The lowest BCUT2D eigenvalue weighted by Gasteiger charge is -2.18. The normalized spacial score (nSPS) is 13.1. The van der Waals surface area contributed by atoms with E-state index in [4.69, 9.17) is 40.2 Å². The number of thiocarbonyl (C=S) groups is 1. The van der Waals surface area contributed by atoms with Crippen molar-refractivity contribution < 1.29 is 14.6 Å². The number of nitrogens with one attached hydrogen (secondary N) is 3. The average molecular weight is 507 g/mol. The number of thiophene rings is 1. The Bertz CT molecular complexity index is 1260. The predicted molar refractivity (Wildman–Crippen MR) is 134 cm³/mol. The van der Waals surface area contributed by atoms with Gasteiger partial charge in [-0.2, -0.15) is 5.10 Å². The van der Waals surface area contributed by atoms with Crippen molar-refractivity contribution in [1.82, 2.24) is 5.43 Å². The van der Waals surface area contributed by atoms with Gasteiger partial charge in [-0.1, -0.05) is 29.3 Å². The summed E-state index contributed by atoms with van der Waals surface area (Å²) in [4.78, 5) is 12.0. The average Bonchev–Trinajstić information content (AvgIpc) is 3.15. The second-order valence-corrected chi connectivity index (χ2v) is 8.87. The van der Waals surface area contributed by atoms with Gasteiger partial charge in [0.2, 0.25) is 0 Å². The van der Waals surface area contributed by atoms with Crippen molar-refractivity contribution in [2.45, 2.75) is 6.92 Å². The SMILES string of the molecule is C/C(=N\NC(=S)Nc1ccc2c(c1)OCC(=O)N2)c1csc(-c2ccc(Cl)c(Cl)c2)c1O. The van der Waals surface area contributed by atoms with E-state index in [0.29, 0.717) is 43.3 Å². The Balaban J connectivity index is 1.44. The van der Waals surface area contributed by atoms with Crippen LogP contribution in [0.2, 0.25) is 10.0 Å². The first-order valence-electron chi connectivity index (χ1n) is 9.26. The fourth-order valence-electron chi connectivity index (χ4n) is 2.96. The van der Waals surface area contributed by atoms with Crippen LogP contribution in [0.5, 0.6) is 11.5 Å². The Hall–Kier alpha value is -2.85. The minimum atomic E-state index is -0.195. The molecule has 7 nitrogen and oxygen atoms in total. The molecule has 0 radical (unpaired) electrons. The Labute approximate surface area is 203 Å². The van der Waals surface area contributed by atoms with E-state index in [9.17, 15) is 9.90 Å². The molecule has 0 atom stereocenters. The first-order chi connectivity index (χ1) is 15.3. The first-order valence-corrected chi connectivity index (χ1v) is 11.3. The number of carbonyl (C=O) groups is 1. The highest BCUT2D eigenvalue weighted by molar-refractivity contribution is 7.80. The number of fused-ring (bicyclic) bond motifs is 1. The van der Waals surface area contributed by atoms with E-state index < -0.39 is 0 Å². The van der Waals surface area contributed by atoms with Crippen LogP contribution < -0.4 is 20.8 Å². The Morgan fingerprint density at radius 3 is 2.84 bits per heavy atom. The van der Waals surface area contributed by atoms with Gasteiger partial charge >= 0.3 is 0 Å². The molecule has 11 heteroatoms. The monoisotopic (exact) mass is 506 g/mol. The number of amides is 1. The number of aromatic hydroxyl groups is 1. The van der Waals surface area contributed by atoms with Crippen LogP contribution in [0.1, 0.15) is 12.5 Å². The summed E-state index contributed by atoms with van der Waals surface area (Å²) in [5, 5.41) is 23.6. The number of rotatable bonds is 4. The van der Waals surface area contributed by atoms with Crippen molar-refractivity contribution in [3.05, 3.63) is 57.4 Å². The van der Waals surface area contributed by atoms with Crippen LogP contribution in [-0.2, 0) is 4.79 Å². The third kappa shape index (κ3) is 4.81. The third-order valence-corrected chi connectivity index (χ3v) is 6.48. The molecule has 0 spiro atoms. The molecule has 1 aliphatic rings. The van der Waals surface area contributed by atoms with E-state index in [1.54, 1.807) is 48.7 Å². The van der Waals surface area contributed by atoms with Crippen LogP contribution in [0.4, 0.5) is 11.4 Å². The molecule has 3 aromatic rings. The van der Waals surface area contributed by atoms with Gasteiger partial charge in [0, 0.05) is 17.1 Å². The smallest absolute Gasteiger partial charge is 0.262 e. The maximum Gasteiger partial charge on any atom is 0.262 e. The van der Waals surface area contributed by atoms with Crippen LogP contribution in [0, 0.1) is 0 Å². The zero-order valence-electron chi connectivity index (χ0n) is 16.5. The number of halogens is 2. The van der Waals surface area contributed by atoms with E-state index in [1.165, 1.54) is 11.3 Å². The summed E-state index contributed by atoms with van der Waals surface area (Å²) in [6.07, 6.45) is 0. The van der Waals surface area contributed by atoms with Crippen LogP contribution in [0.15, 0.2) is 46.9 Å². The van der Waals surface area contributed by atoms with E-state index in [0.717, 1.165) is 5.56 Å². The van der Waals surface area contributed by atoms with Crippen molar-refractivity contribution in [1.29, 1.82) is 0 Å². The molecule has 0 fully saturated rings. The van der Waals surface area contributed by atoms with E-state index in [2.05, 4.69) is 21.2 Å². The maximum atomic E-state index is 11.4. The van der Waals surface area contributed by atoms with Crippen LogP contribution >= 0.6 is 46.8 Å². The molecule has 0 unspecified atom stereocenters. The lowest BCUT2D eigenvalue weighted by atomic mass is 10.1. The highest BCUT2D eigenvalue weighted by Gasteiger charge is 2.17. The van der Waals surface area contributed by atoms with Gasteiger partial charge in [-0.15, -0.1) is 11.3 Å². The van der Waals surface area contributed by atoms with Gasteiger partial charge in [0.15, 0.2) is 11.7 Å². The quantitative estimate of drug-likeness (QED) is 0.213. The standard InChI is InChI=1S/C21H16Cl2N4O3S2/c1-10(13-9-32-20(19(13)29)11-2-4-14(22)15(23)6-11)26-27-21(31)24-12-3-5-16-17(7-12)30-8-18(28)25-16/h2-7,9,29H,8H2,1H3,(H,25,28)(H2,24,27,31)/b26-10+. The maximum absolute atomic E-state index is 11.4. The molecule has 1 aliphatic heterocycles. The van der Waals surface area contributed by atoms with Crippen molar-refractivity contribution in [3.63, 3.8) is 0 Å². The number of carbonyl (C=O) groups excluding carboxylic acids is 1. The van der Waals surface area contributed by atoms with Gasteiger partial charge in [-0.25, -0.2) is 0 Å². The van der Waals surface area contributed by atoms with Crippen molar-refractivity contribution in [3.8, 4) is 21.9 Å². The number of benzene rings is 2. The molecule has 1 amide bonds. The molecule has 32 heavy (non-hydrogen) atoms. The second-order valence-electron chi connectivity index (χ2n) is 6.77. The summed E-state index contributed by atoms with van der Waals surface area (Å²) in [7, 11) is 0. The van der Waals surface area contributed by atoms with Crippen molar-refractivity contribution >= 4 is 74.9 Å². The molecule has 0 bridgehead atoms. The third-order valence-electron chi connectivity index (χ3n) is 4.53. The minimum Gasteiger partial charge on any atom is -0.506 e. The number of ether oxygens (including phenoxy) is 1. The predicted octanol–water partition coefficient (Wildman–Crippen LogP) is 5.47. The zero-order chi connectivity index (χ0) is 22.8. The van der Waals surface area contributed by atoms with Gasteiger partial charge in [0.25, 0.3) is 5.91 Å². The van der Waals surface area contributed by atoms with Crippen LogP contribution in [0.25, 0.3) is 10.4 Å². The molecule has 4 rings (SSSR count). The van der Waals surface area contributed by atoms with Gasteiger partial charge in [0.1, 0.15) is 11.5 Å². The Morgan fingerprint density at radius 1 is 1.25 bits per heavy atom. The lowest BCUT2D eigenvalue weighted by molar-refractivity contribution is -0.118. The largest absolute Gasteiger partial charge is 0.506 e. The number of hydrazone groups is 1. The van der Waals surface area contributed by atoms with Crippen molar-refractivity contribution in [2.24, 2.45) is 5.10 Å². The molecule has 2 heterocycles. The molecule has 0 saturated heterocycles. The van der Waals surface area contributed by atoms with E-state index in [1.807, 2.05) is 0 Å². The molecule has 2 aromatic carbocycles. The summed E-state index contributed by atoms with van der Waals surface area (Å²) in [5.74, 6) is 0.457. The summed E-state index contributed by atoms with van der Waals surface area (Å²) in [6.45, 7) is 1.72. The number of nitrogens with zero attached hydrogens (tertiary/aromatic N) is 1. The fourth-order valence-corrected chi connectivity index (χ4v) is 4.42. The fraction of sp³-hybridized carbons (Fsp3) is 0.0952. The summed E-state index contributed by atoms with van der Waals surface area (Å²) >= 11 is 18.7. The van der Waals surface area contributed by atoms with Crippen LogP contribution in [0.3, 0.4) is 0 Å². The zero-order valence-corrected chi connectivity index (χ0v) is 19.7. The van der Waals surface area contributed by atoms with Gasteiger partial charge in [-0.3, -0.25) is 10.2 Å². The first kappa shape index (κ1) is 22.3. The molecular weight excluding hydrogens is 491 g/mol. The highest BCUT2D eigenvalue weighted by atomic mass is 35.5. The molecule has 1 aromatic heterocycles. The lowest BCUT2D eigenvalue weighted by Crippen LogP contribution is -2.26. The molecule has 4 N–H and O–H groups in total. The topological polar surface area (TPSA) is 95.0 Å². The van der Waals surface area contributed by atoms with Crippen molar-refractivity contribution in [2.75, 3.05) is 17.2 Å². The number of anilines is 2. The Kier molecular flexibility index (Phi) is 6.52. The number of hydrogen-bond donors (Lipinski definition) is 4. The summed E-state index contributed by atoms with van der Waals surface area (Å²) in [6, 6.07) is 10.4.